The third-order valence-electron chi connectivity index (χ3n) is 11.5. The van der Waals surface area contributed by atoms with Crippen LogP contribution in [-0.2, 0) is 32.0 Å². The highest BCUT2D eigenvalue weighted by Gasteiger charge is 2.22. The number of hydrogen-bond donors (Lipinski definition) is 4. The van der Waals surface area contributed by atoms with Gasteiger partial charge in [-0.05, 0) is 134 Å². The predicted octanol–water partition coefficient (Wildman–Crippen LogP) is 9.33. The van der Waals surface area contributed by atoms with Crippen LogP contribution in [0.1, 0.15) is 64.4 Å². The third-order valence-corrected chi connectivity index (χ3v) is 11.5. The number of rotatable bonds is 16. The molecule has 2 saturated heterocycles. The monoisotopic (exact) mass is 948 g/mol. The number of amides is 3. The smallest absolute Gasteiger partial charge is 0.339 e. The summed E-state index contributed by atoms with van der Waals surface area (Å²) in [7, 11) is 1.31. The Hall–Kier alpha value is -8.17. The van der Waals surface area contributed by atoms with E-state index in [0.717, 1.165) is 61.4 Å². The summed E-state index contributed by atoms with van der Waals surface area (Å²) in [4.78, 5) is 61.3. The molecule has 0 saturated carbocycles. The van der Waals surface area contributed by atoms with E-state index in [1.807, 2.05) is 77.7 Å². The number of carbonyl (C=O) groups is 5. The number of piperidine rings is 2. The van der Waals surface area contributed by atoms with Crippen molar-refractivity contribution < 1.29 is 52.8 Å². The van der Waals surface area contributed by atoms with Crippen LogP contribution in [0, 0.1) is 0 Å². The summed E-state index contributed by atoms with van der Waals surface area (Å²) < 4.78 is 28.6. The Morgan fingerprint density at radius 2 is 0.929 bits per heavy atom. The van der Waals surface area contributed by atoms with Gasteiger partial charge >= 0.3 is 11.9 Å². The van der Waals surface area contributed by atoms with Gasteiger partial charge in [-0.25, -0.2) is 9.59 Å². The highest BCUT2D eigenvalue weighted by atomic mass is 16.5. The molecule has 15 heteroatoms. The van der Waals surface area contributed by atoms with Crippen LogP contribution < -0.4 is 34.9 Å². The molecule has 0 aromatic heterocycles. The topological polar surface area (TPSA) is 191 Å². The average molecular weight is 949 g/mol. The maximum atomic E-state index is 12.5. The molecule has 6 aromatic rings. The normalized spacial score (nSPS) is 13.7. The molecular formula is C55H56N4O11. The molecule has 0 atom stereocenters. The van der Waals surface area contributed by atoms with Crippen molar-refractivity contribution in [2.75, 3.05) is 43.9 Å². The largest absolute Gasteiger partial charge is 0.490 e. The van der Waals surface area contributed by atoms with Crippen LogP contribution >= 0.6 is 0 Å². The lowest BCUT2D eigenvalue weighted by molar-refractivity contribution is -0.130. The molecule has 70 heavy (non-hydrogen) atoms. The number of aromatic carboxylic acids is 1. The Morgan fingerprint density at radius 3 is 1.36 bits per heavy atom. The van der Waals surface area contributed by atoms with E-state index in [-0.39, 0.29) is 54.0 Å². The number of likely N-dealkylation sites (tertiary alicyclic amines) is 1. The number of hydrogen-bond acceptors (Lipinski definition) is 11. The van der Waals surface area contributed by atoms with Crippen molar-refractivity contribution in [3.63, 3.8) is 0 Å². The zero-order valence-corrected chi connectivity index (χ0v) is 39.1. The fraction of sp³-hybridized carbons (Fsp3) is 0.255. The highest BCUT2D eigenvalue weighted by molar-refractivity contribution is 6.02. The minimum Gasteiger partial charge on any atom is -0.490 e. The zero-order chi connectivity index (χ0) is 49.2. The molecule has 362 valence electrons. The first-order valence-corrected chi connectivity index (χ1v) is 23.1. The minimum atomic E-state index is -1.10. The molecule has 2 fully saturated rings. The summed E-state index contributed by atoms with van der Waals surface area (Å²) in [6.07, 6.45) is 4.27. The van der Waals surface area contributed by atoms with E-state index in [1.165, 1.54) is 13.2 Å². The van der Waals surface area contributed by atoms with Crippen molar-refractivity contribution in [2.45, 2.75) is 57.7 Å². The molecule has 8 rings (SSSR count). The molecule has 2 heterocycles. The van der Waals surface area contributed by atoms with Gasteiger partial charge in [0.15, 0.2) is 0 Å². The number of nitrogens with zero attached hydrogens (tertiary/aromatic N) is 1. The van der Waals surface area contributed by atoms with Gasteiger partial charge in [0.1, 0.15) is 46.7 Å². The lowest BCUT2D eigenvalue weighted by atomic mass is 10.1. The van der Waals surface area contributed by atoms with Gasteiger partial charge in [0.2, 0.25) is 17.7 Å². The molecule has 0 bridgehead atoms. The van der Waals surface area contributed by atoms with Crippen LogP contribution in [0.25, 0.3) is 0 Å². The van der Waals surface area contributed by atoms with E-state index in [1.54, 1.807) is 73.7 Å². The summed E-state index contributed by atoms with van der Waals surface area (Å²) in [5, 5.41) is 18.0. The minimum absolute atomic E-state index is 0.0457. The number of nitrogens with one attached hydrogen (secondary N) is 3. The number of anilines is 2. The molecule has 0 spiro atoms. The number of carboxylic acids is 1. The lowest BCUT2D eigenvalue weighted by Crippen LogP contribution is -2.40. The standard InChI is InChI=1S/C28H28N2O6.C27H28N2O5/c1-19(31)30-16-14-24(15-17-30)36-23-12-10-22(11-13-23)35-21-8-6-20(7-9-21)18-27(32)29-26-5-3-2-4-25(26)28(33)34;1-32-27(31)24-4-2-3-5-25(24)29-26(30)18-19-6-8-20(9-7-19)33-21-10-12-22(13-11-21)34-23-14-16-28-17-15-23/h2-13,24H,14-18H2,1H3,(H,29,32)(H,33,34);2-13,23,28H,14-18H2,1H3,(H,29,30). The first kappa shape index (κ1) is 49.7. The van der Waals surface area contributed by atoms with Crippen molar-refractivity contribution >= 4 is 41.0 Å². The number of carbonyl (C=O) groups excluding carboxylic acids is 4. The second-order valence-electron chi connectivity index (χ2n) is 16.7. The van der Waals surface area contributed by atoms with Crippen LogP contribution in [0.15, 0.2) is 146 Å². The first-order chi connectivity index (χ1) is 34.0. The quantitative estimate of drug-likeness (QED) is 0.0674. The number of ether oxygens (including phenoxy) is 5. The Kier molecular flexibility index (Phi) is 17.6. The van der Waals surface area contributed by atoms with E-state index >= 15 is 0 Å². The summed E-state index contributed by atoms with van der Waals surface area (Å²) in [5.41, 5.74) is 2.65. The van der Waals surface area contributed by atoms with Crippen LogP contribution in [0.2, 0.25) is 0 Å². The number of methoxy groups -OCH3 is 1. The van der Waals surface area contributed by atoms with Crippen LogP contribution in [0.3, 0.4) is 0 Å². The van der Waals surface area contributed by atoms with Gasteiger partial charge in [-0.3, -0.25) is 14.4 Å². The lowest BCUT2D eigenvalue weighted by Gasteiger charge is -2.31. The van der Waals surface area contributed by atoms with E-state index in [0.29, 0.717) is 47.3 Å². The van der Waals surface area contributed by atoms with E-state index < -0.39 is 11.9 Å². The van der Waals surface area contributed by atoms with Crippen molar-refractivity contribution in [2.24, 2.45) is 0 Å². The van der Waals surface area contributed by atoms with E-state index in [4.69, 9.17) is 23.7 Å². The van der Waals surface area contributed by atoms with Crippen LogP contribution in [0.4, 0.5) is 11.4 Å². The number of benzene rings is 6. The molecule has 2 aliphatic rings. The van der Waals surface area contributed by atoms with Crippen LogP contribution in [0.5, 0.6) is 34.5 Å². The van der Waals surface area contributed by atoms with Crippen molar-refractivity contribution in [1.82, 2.24) is 10.2 Å². The Labute approximate surface area is 406 Å². The second-order valence-corrected chi connectivity index (χ2v) is 16.7. The van der Waals surface area contributed by atoms with Crippen LogP contribution in [-0.4, -0.2) is 85.2 Å². The maximum Gasteiger partial charge on any atom is 0.339 e. The van der Waals surface area contributed by atoms with Gasteiger partial charge in [0, 0.05) is 32.9 Å². The Morgan fingerprint density at radius 1 is 0.543 bits per heavy atom. The van der Waals surface area contributed by atoms with Gasteiger partial charge in [0.25, 0.3) is 0 Å². The molecule has 0 unspecified atom stereocenters. The van der Waals surface area contributed by atoms with Gasteiger partial charge in [-0.15, -0.1) is 0 Å². The number of para-hydroxylation sites is 2. The Balaban J connectivity index is 0.000000207. The van der Waals surface area contributed by atoms with Crippen molar-refractivity contribution in [1.29, 1.82) is 0 Å². The van der Waals surface area contributed by atoms with Gasteiger partial charge < -0.3 is 49.6 Å². The van der Waals surface area contributed by atoms with Crippen molar-refractivity contribution in [3.8, 4) is 34.5 Å². The number of carboxylic acid groups (broad SMARTS) is 1. The SMILES string of the molecule is CC(=O)N1CCC(Oc2ccc(Oc3ccc(CC(=O)Nc4ccccc4C(=O)O)cc3)cc2)CC1.COC(=O)c1ccccc1NC(=O)Cc1ccc(Oc2ccc(OC3CCNCC3)cc2)cc1. The molecule has 3 amide bonds. The van der Waals surface area contributed by atoms with Gasteiger partial charge in [0.05, 0.1) is 42.5 Å². The average Bonchev–Trinajstić information content (AvgIpc) is 3.37. The predicted molar refractivity (Wildman–Crippen MR) is 264 cm³/mol. The third kappa shape index (κ3) is 14.9. The van der Waals surface area contributed by atoms with E-state index in [2.05, 4.69) is 16.0 Å². The summed E-state index contributed by atoms with van der Waals surface area (Å²) in [5.74, 6) is 2.25. The highest BCUT2D eigenvalue weighted by Crippen LogP contribution is 2.28. The van der Waals surface area contributed by atoms with Gasteiger partial charge in [-0.1, -0.05) is 48.5 Å². The maximum absolute atomic E-state index is 12.5. The first-order valence-electron chi connectivity index (χ1n) is 23.1. The fourth-order valence-electron chi connectivity index (χ4n) is 7.80. The molecule has 6 aromatic carbocycles. The molecule has 0 radical (unpaired) electrons. The summed E-state index contributed by atoms with van der Waals surface area (Å²) in [6, 6.07) is 42.5. The fourth-order valence-corrected chi connectivity index (χ4v) is 7.80. The molecule has 15 nitrogen and oxygen atoms in total. The molecular weight excluding hydrogens is 893 g/mol. The van der Waals surface area contributed by atoms with Crippen molar-refractivity contribution in [3.05, 3.63) is 168 Å². The molecule has 0 aliphatic carbocycles. The molecule has 2 aliphatic heterocycles. The summed E-state index contributed by atoms with van der Waals surface area (Å²) in [6.45, 7) is 5.01. The van der Waals surface area contributed by atoms with Gasteiger partial charge in [-0.2, -0.15) is 0 Å². The Bertz CT molecular complexity index is 2700. The summed E-state index contributed by atoms with van der Waals surface area (Å²) >= 11 is 0. The number of esters is 1. The molecule has 4 N–H and O–H groups in total. The second kappa shape index (κ2) is 24.7. The van der Waals surface area contributed by atoms with E-state index in [9.17, 15) is 29.1 Å². The zero-order valence-electron chi connectivity index (χ0n) is 39.1.